The van der Waals surface area contributed by atoms with Crippen molar-refractivity contribution in [2.24, 2.45) is 0 Å². The number of hydrogen-bond acceptors (Lipinski definition) is 4. The molecule has 0 amide bonds. The number of pyridine rings is 2. The lowest BCUT2D eigenvalue weighted by Crippen LogP contribution is -2.12. The van der Waals surface area contributed by atoms with Gasteiger partial charge in [0.2, 0.25) is 0 Å². The van der Waals surface area contributed by atoms with E-state index in [2.05, 4.69) is 191 Å². The molecular formula is C56H42N4. The Morgan fingerprint density at radius 1 is 0.300 bits per heavy atom. The molecule has 10 rings (SSSR count). The maximum atomic E-state index is 5.30. The zero-order chi connectivity index (χ0) is 40.6. The van der Waals surface area contributed by atoms with Crippen LogP contribution in [0.3, 0.4) is 0 Å². The Labute approximate surface area is 351 Å². The van der Waals surface area contributed by atoms with Crippen LogP contribution >= 0.6 is 0 Å². The Balaban J connectivity index is 0.999. The standard InChI is InChI=1S/C56H42N4/c1-56(2,3)48-35-50(40-16-9-5-10-17-40)58-54-47(48)32-30-44-31-33-49(57-53(44)54)42-26-24-39(25-27-42)45-20-13-21-46(34-45)55-59-51(41-18-11-6-12-19-41)36-52(60-55)43-28-22-38(23-29-43)37-14-7-4-8-15-37/h4-36H,1-3H3. The van der Waals surface area contributed by atoms with E-state index < -0.39 is 0 Å². The molecular weight excluding hydrogens is 729 g/mol. The second kappa shape index (κ2) is 15.3. The van der Waals surface area contributed by atoms with Gasteiger partial charge in [0.1, 0.15) is 0 Å². The molecule has 0 aliphatic heterocycles. The fraction of sp³-hybridized carbons (Fsp3) is 0.0714. The smallest absolute Gasteiger partial charge is 0.160 e. The number of fused-ring (bicyclic) bond motifs is 3. The first-order valence-electron chi connectivity index (χ1n) is 20.5. The summed E-state index contributed by atoms with van der Waals surface area (Å²) >= 11 is 0. The molecule has 0 fully saturated rings. The average molecular weight is 771 g/mol. The Hall–Kier alpha value is -7.56. The van der Waals surface area contributed by atoms with Gasteiger partial charge >= 0.3 is 0 Å². The van der Waals surface area contributed by atoms with Crippen molar-refractivity contribution in [3.63, 3.8) is 0 Å². The molecule has 286 valence electrons. The fourth-order valence-corrected chi connectivity index (χ4v) is 8.03. The summed E-state index contributed by atoms with van der Waals surface area (Å²) in [5.74, 6) is 0.684. The van der Waals surface area contributed by atoms with Crippen LogP contribution in [0.1, 0.15) is 26.3 Å². The van der Waals surface area contributed by atoms with Crippen molar-refractivity contribution >= 4 is 21.8 Å². The van der Waals surface area contributed by atoms with E-state index in [1.165, 1.54) is 16.7 Å². The molecule has 4 nitrogen and oxygen atoms in total. The highest BCUT2D eigenvalue weighted by Gasteiger charge is 2.21. The molecule has 10 aromatic rings. The quantitative estimate of drug-likeness (QED) is 0.151. The Morgan fingerprint density at radius 2 is 0.733 bits per heavy atom. The normalized spacial score (nSPS) is 11.6. The van der Waals surface area contributed by atoms with Crippen molar-refractivity contribution < 1.29 is 0 Å². The van der Waals surface area contributed by atoms with Gasteiger partial charge in [0, 0.05) is 38.6 Å². The van der Waals surface area contributed by atoms with E-state index in [1.807, 2.05) is 30.3 Å². The van der Waals surface area contributed by atoms with Gasteiger partial charge in [0.25, 0.3) is 0 Å². The minimum absolute atomic E-state index is 0.0721. The molecule has 0 saturated heterocycles. The third-order valence-electron chi connectivity index (χ3n) is 11.2. The molecule has 3 aromatic heterocycles. The minimum Gasteiger partial charge on any atom is -0.245 e. The van der Waals surface area contributed by atoms with Gasteiger partial charge in [0.05, 0.1) is 33.8 Å². The Morgan fingerprint density at radius 3 is 1.33 bits per heavy atom. The summed E-state index contributed by atoms with van der Waals surface area (Å²) in [6.45, 7) is 6.79. The van der Waals surface area contributed by atoms with Crippen LogP contribution in [0.5, 0.6) is 0 Å². The predicted octanol–water partition coefficient (Wildman–Crippen LogP) is 14.5. The van der Waals surface area contributed by atoms with Crippen LogP contribution in [0.4, 0.5) is 0 Å². The lowest BCUT2D eigenvalue weighted by molar-refractivity contribution is 0.595. The van der Waals surface area contributed by atoms with Crippen molar-refractivity contribution in [2.75, 3.05) is 0 Å². The summed E-state index contributed by atoms with van der Waals surface area (Å²) in [6, 6.07) is 70.0. The van der Waals surface area contributed by atoms with Crippen LogP contribution in [0.15, 0.2) is 200 Å². The van der Waals surface area contributed by atoms with Gasteiger partial charge in [0.15, 0.2) is 5.82 Å². The lowest BCUT2D eigenvalue weighted by atomic mass is 9.83. The molecule has 0 atom stereocenters. The van der Waals surface area contributed by atoms with Gasteiger partial charge in [-0.2, -0.15) is 0 Å². The molecule has 0 aliphatic carbocycles. The van der Waals surface area contributed by atoms with Crippen molar-refractivity contribution in [1.29, 1.82) is 0 Å². The molecule has 0 radical (unpaired) electrons. The average Bonchev–Trinajstić information content (AvgIpc) is 3.31. The maximum Gasteiger partial charge on any atom is 0.160 e. The second-order valence-corrected chi connectivity index (χ2v) is 16.3. The van der Waals surface area contributed by atoms with E-state index in [0.29, 0.717) is 5.82 Å². The minimum atomic E-state index is -0.0721. The highest BCUT2D eigenvalue weighted by Crippen LogP contribution is 2.37. The van der Waals surface area contributed by atoms with Gasteiger partial charge in [-0.15, -0.1) is 0 Å². The van der Waals surface area contributed by atoms with E-state index in [1.54, 1.807) is 0 Å². The first-order valence-corrected chi connectivity index (χ1v) is 20.5. The summed E-state index contributed by atoms with van der Waals surface area (Å²) in [5, 5.41) is 2.21. The van der Waals surface area contributed by atoms with E-state index in [9.17, 15) is 0 Å². The predicted molar refractivity (Wildman–Crippen MR) is 249 cm³/mol. The topological polar surface area (TPSA) is 51.6 Å². The molecule has 0 unspecified atom stereocenters. The van der Waals surface area contributed by atoms with Crippen molar-refractivity contribution in [3.05, 3.63) is 206 Å². The van der Waals surface area contributed by atoms with E-state index in [-0.39, 0.29) is 5.41 Å². The van der Waals surface area contributed by atoms with Crippen LogP contribution in [0.25, 0.3) is 100 Å². The lowest BCUT2D eigenvalue weighted by Gasteiger charge is -2.23. The SMILES string of the molecule is CC(C)(C)c1cc(-c2ccccc2)nc2c1ccc1ccc(-c3ccc(-c4cccc(-c5nc(-c6ccccc6)cc(-c6ccc(-c7ccccc7)cc6)n5)c4)cc3)nc12. The van der Waals surface area contributed by atoms with Crippen LogP contribution in [-0.4, -0.2) is 19.9 Å². The summed E-state index contributed by atoms with van der Waals surface area (Å²) < 4.78 is 0. The number of benzene rings is 7. The van der Waals surface area contributed by atoms with Gasteiger partial charge in [-0.1, -0.05) is 197 Å². The van der Waals surface area contributed by atoms with Crippen molar-refractivity contribution in [2.45, 2.75) is 26.2 Å². The van der Waals surface area contributed by atoms with Crippen molar-refractivity contribution in [3.8, 4) is 78.7 Å². The number of hydrogen-bond donors (Lipinski definition) is 0. The summed E-state index contributed by atoms with van der Waals surface area (Å²) in [6.07, 6.45) is 0. The van der Waals surface area contributed by atoms with Gasteiger partial charge in [-0.25, -0.2) is 19.9 Å². The summed E-state index contributed by atoms with van der Waals surface area (Å²) in [4.78, 5) is 20.8. The van der Waals surface area contributed by atoms with E-state index in [0.717, 1.165) is 83.5 Å². The first-order chi connectivity index (χ1) is 29.3. The monoisotopic (exact) mass is 770 g/mol. The highest BCUT2D eigenvalue weighted by molar-refractivity contribution is 6.05. The van der Waals surface area contributed by atoms with E-state index >= 15 is 0 Å². The molecule has 0 bridgehead atoms. The van der Waals surface area contributed by atoms with Gasteiger partial charge < -0.3 is 0 Å². The molecule has 0 saturated carbocycles. The largest absolute Gasteiger partial charge is 0.245 e. The zero-order valence-electron chi connectivity index (χ0n) is 33.8. The van der Waals surface area contributed by atoms with Crippen LogP contribution in [0, 0.1) is 0 Å². The fourth-order valence-electron chi connectivity index (χ4n) is 8.03. The van der Waals surface area contributed by atoms with Crippen LogP contribution in [-0.2, 0) is 5.41 Å². The van der Waals surface area contributed by atoms with Crippen LogP contribution < -0.4 is 0 Å². The van der Waals surface area contributed by atoms with Gasteiger partial charge in [-0.05, 0) is 57.5 Å². The third kappa shape index (κ3) is 7.25. The number of nitrogens with zero attached hydrogens (tertiary/aromatic N) is 4. The molecule has 0 aliphatic rings. The summed E-state index contributed by atoms with van der Waals surface area (Å²) in [5.41, 5.74) is 16.4. The molecule has 3 heterocycles. The highest BCUT2D eigenvalue weighted by atomic mass is 14.9. The first kappa shape index (κ1) is 36.8. The molecule has 60 heavy (non-hydrogen) atoms. The third-order valence-corrected chi connectivity index (χ3v) is 11.2. The van der Waals surface area contributed by atoms with Crippen molar-refractivity contribution in [1.82, 2.24) is 19.9 Å². The Bertz CT molecular complexity index is 3130. The van der Waals surface area contributed by atoms with Crippen LogP contribution in [0.2, 0.25) is 0 Å². The summed E-state index contributed by atoms with van der Waals surface area (Å²) in [7, 11) is 0. The second-order valence-electron chi connectivity index (χ2n) is 16.3. The number of aromatic nitrogens is 4. The maximum absolute atomic E-state index is 5.30. The molecule has 0 spiro atoms. The van der Waals surface area contributed by atoms with Gasteiger partial charge in [-0.3, -0.25) is 0 Å². The molecule has 0 N–H and O–H groups in total. The zero-order valence-corrected chi connectivity index (χ0v) is 33.8. The number of rotatable bonds is 7. The molecule has 7 aromatic carbocycles. The Kier molecular flexibility index (Phi) is 9.38. The molecule has 4 heteroatoms. The van der Waals surface area contributed by atoms with E-state index in [4.69, 9.17) is 19.9 Å².